The Hall–Kier alpha value is -1.87. The molecule has 1 aliphatic rings. The monoisotopic (exact) mass is 281 g/mol. The number of nitrogens with one attached hydrogen (secondary N) is 1. The summed E-state index contributed by atoms with van der Waals surface area (Å²) in [6.07, 6.45) is 7.13. The number of fused-ring (bicyclic) bond motifs is 1. The van der Waals surface area contributed by atoms with Gasteiger partial charge in [-0.15, -0.1) is 0 Å². The van der Waals surface area contributed by atoms with Crippen LogP contribution in [-0.2, 0) is 6.42 Å². The first-order valence-corrected chi connectivity index (χ1v) is 7.81. The Labute approximate surface area is 126 Å². The van der Waals surface area contributed by atoms with Crippen LogP contribution >= 0.6 is 0 Å². The molecule has 2 aromatic rings. The second kappa shape index (κ2) is 6.27. The summed E-state index contributed by atoms with van der Waals surface area (Å²) in [6.45, 7) is 3.19. The van der Waals surface area contributed by atoms with E-state index < -0.39 is 0 Å². The van der Waals surface area contributed by atoms with Gasteiger partial charge in [-0.3, -0.25) is 4.98 Å². The van der Waals surface area contributed by atoms with Gasteiger partial charge in [0, 0.05) is 35.6 Å². The number of nitrogen functional groups attached to an aromatic ring is 1. The fraction of sp³-hybridized carbons (Fsp3) is 0.389. The quantitative estimate of drug-likeness (QED) is 0.882. The summed E-state index contributed by atoms with van der Waals surface area (Å²) in [5.74, 6) is 0.485. The third-order valence-electron chi connectivity index (χ3n) is 4.42. The lowest BCUT2D eigenvalue weighted by molar-refractivity contribution is 0.443. The van der Waals surface area contributed by atoms with E-state index in [1.165, 1.54) is 17.5 Å². The molecule has 1 aromatic heterocycles. The molecular formula is C18H23N3. The number of nitrogens with two attached hydrogens (primary N) is 1. The minimum Gasteiger partial charge on any atom is -0.398 e. The molecule has 1 aliphatic carbocycles. The minimum atomic E-state index is 0.252. The van der Waals surface area contributed by atoms with Crippen molar-refractivity contribution in [3.05, 3.63) is 59.4 Å². The predicted octanol–water partition coefficient (Wildman–Crippen LogP) is 3.43. The lowest BCUT2D eigenvalue weighted by Gasteiger charge is -2.27. The number of aryl methyl sites for hydroxylation is 1. The van der Waals surface area contributed by atoms with E-state index in [1.807, 2.05) is 12.3 Å². The number of aromatic nitrogens is 1. The largest absolute Gasteiger partial charge is 0.398 e. The molecule has 3 heteroatoms. The molecule has 0 amide bonds. The zero-order chi connectivity index (χ0) is 14.7. The number of hydrogen-bond donors (Lipinski definition) is 2. The van der Waals surface area contributed by atoms with Crippen LogP contribution in [0.5, 0.6) is 0 Å². The Morgan fingerprint density at radius 3 is 3.00 bits per heavy atom. The maximum atomic E-state index is 6.20. The number of pyridine rings is 1. The van der Waals surface area contributed by atoms with Gasteiger partial charge in [0.05, 0.1) is 0 Å². The highest BCUT2D eigenvalue weighted by Crippen LogP contribution is 2.42. The molecule has 110 valence electrons. The molecule has 1 heterocycles. The second-order valence-corrected chi connectivity index (χ2v) is 5.78. The van der Waals surface area contributed by atoms with Crippen LogP contribution in [-0.4, -0.2) is 11.5 Å². The summed E-state index contributed by atoms with van der Waals surface area (Å²) in [6, 6.07) is 10.9. The summed E-state index contributed by atoms with van der Waals surface area (Å²) >= 11 is 0. The molecule has 3 nitrogen and oxygen atoms in total. The maximum absolute atomic E-state index is 6.20. The number of nitrogens with zero attached hydrogens (tertiary/aromatic N) is 1. The molecule has 0 saturated heterocycles. The average molecular weight is 281 g/mol. The summed E-state index contributed by atoms with van der Waals surface area (Å²) < 4.78 is 0. The minimum absolute atomic E-state index is 0.252. The van der Waals surface area contributed by atoms with Crippen molar-refractivity contribution in [2.45, 2.75) is 38.1 Å². The van der Waals surface area contributed by atoms with Gasteiger partial charge in [0.25, 0.3) is 0 Å². The third-order valence-corrected chi connectivity index (χ3v) is 4.42. The van der Waals surface area contributed by atoms with Crippen LogP contribution in [0, 0.1) is 0 Å². The molecule has 2 unspecified atom stereocenters. The molecule has 3 rings (SSSR count). The molecule has 0 saturated carbocycles. The lowest BCUT2D eigenvalue weighted by Crippen LogP contribution is -2.28. The number of anilines is 1. The highest BCUT2D eigenvalue weighted by molar-refractivity contribution is 5.49. The zero-order valence-corrected chi connectivity index (χ0v) is 12.5. The van der Waals surface area contributed by atoms with E-state index in [0.717, 1.165) is 30.6 Å². The van der Waals surface area contributed by atoms with E-state index in [9.17, 15) is 0 Å². The summed E-state index contributed by atoms with van der Waals surface area (Å²) in [4.78, 5) is 4.28. The molecule has 1 aromatic carbocycles. The molecule has 0 spiro atoms. The van der Waals surface area contributed by atoms with E-state index >= 15 is 0 Å². The van der Waals surface area contributed by atoms with Crippen LogP contribution in [0.2, 0.25) is 0 Å². The molecule has 3 N–H and O–H groups in total. The lowest BCUT2D eigenvalue weighted by atomic mass is 9.88. The van der Waals surface area contributed by atoms with E-state index in [1.54, 1.807) is 6.20 Å². The van der Waals surface area contributed by atoms with Gasteiger partial charge < -0.3 is 11.1 Å². The van der Waals surface area contributed by atoms with Crippen molar-refractivity contribution in [3.8, 4) is 0 Å². The molecule has 0 aliphatic heterocycles. The van der Waals surface area contributed by atoms with E-state index in [4.69, 9.17) is 5.73 Å². The smallest absolute Gasteiger partial charge is 0.0425 e. The van der Waals surface area contributed by atoms with Gasteiger partial charge >= 0.3 is 0 Å². The number of hydrogen-bond acceptors (Lipinski definition) is 3. The Balaban J connectivity index is 1.96. The topological polar surface area (TPSA) is 50.9 Å². The van der Waals surface area contributed by atoms with Crippen molar-refractivity contribution in [2.75, 3.05) is 12.3 Å². The fourth-order valence-corrected chi connectivity index (χ4v) is 3.38. The van der Waals surface area contributed by atoms with Crippen LogP contribution in [0.25, 0.3) is 0 Å². The van der Waals surface area contributed by atoms with Crippen molar-refractivity contribution >= 4 is 5.69 Å². The highest BCUT2D eigenvalue weighted by atomic mass is 14.9. The normalized spacial score (nSPS) is 18.4. The van der Waals surface area contributed by atoms with Crippen molar-refractivity contribution in [1.29, 1.82) is 0 Å². The second-order valence-electron chi connectivity index (χ2n) is 5.78. The molecule has 0 fully saturated rings. The molecular weight excluding hydrogens is 258 g/mol. The van der Waals surface area contributed by atoms with E-state index in [0.29, 0.717) is 5.92 Å². The fourth-order valence-electron chi connectivity index (χ4n) is 3.38. The van der Waals surface area contributed by atoms with Crippen LogP contribution in [0.1, 0.15) is 48.4 Å². The predicted molar refractivity (Wildman–Crippen MR) is 87.2 cm³/mol. The number of rotatable bonds is 5. The molecule has 0 bridgehead atoms. The first kappa shape index (κ1) is 14.1. The Morgan fingerprint density at radius 1 is 1.33 bits per heavy atom. The standard InChI is InChI=1S/C18H23N3/c1-2-10-21-18(16-12-20-11-9-17(16)19)15-8-7-13-5-3-4-6-14(13)15/h3-6,9,11-12,15,18,21H,2,7-8,10H2,1H3,(H2,19,20). The van der Waals surface area contributed by atoms with Crippen molar-refractivity contribution in [3.63, 3.8) is 0 Å². The molecule has 2 atom stereocenters. The summed E-state index contributed by atoms with van der Waals surface area (Å²) in [5, 5.41) is 3.69. The van der Waals surface area contributed by atoms with Crippen LogP contribution in [0.4, 0.5) is 5.69 Å². The Kier molecular flexibility index (Phi) is 4.20. The summed E-state index contributed by atoms with van der Waals surface area (Å²) in [5.41, 5.74) is 11.1. The maximum Gasteiger partial charge on any atom is 0.0425 e. The SMILES string of the molecule is CCCNC(c1cnccc1N)C1CCc2ccccc21. The average Bonchev–Trinajstić information content (AvgIpc) is 2.93. The van der Waals surface area contributed by atoms with Crippen LogP contribution in [0.15, 0.2) is 42.7 Å². The Morgan fingerprint density at radius 2 is 2.19 bits per heavy atom. The van der Waals surface area contributed by atoms with Gasteiger partial charge in [0.1, 0.15) is 0 Å². The molecule has 0 radical (unpaired) electrons. The van der Waals surface area contributed by atoms with E-state index in [2.05, 4.69) is 41.5 Å². The van der Waals surface area contributed by atoms with Crippen molar-refractivity contribution in [1.82, 2.24) is 10.3 Å². The van der Waals surface area contributed by atoms with Crippen LogP contribution < -0.4 is 11.1 Å². The Bertz CT molecular complexity index is 609. The van der Waals surface area contributed by atoms with Gasteiger partial charge in [-0.25, -0.2) is 0 Å². The molecule has 21 heavy (non-hydrogen) atoms. The zero-order valence-electron chi connectivity index (χ0n) is 12.5. The van der Waals surface area contributed by atoms with Crippen LogP contribution in [0.3, 0.4) is 0 Å². The van der Waals surface area contributed by atoms with E-state index in [-0.39, 0.29) is 6.04 Å². The van der Waals surface area contributed by atoms with Gasteiger partial charge in [0.15, 0.2) is 0 Å². The van der Waals surface area contributed by atoms with Gasteiger partial charge in [0.2, 0.25) is 0 Å². The third kappa shape index (κ3) is 2.79. The van der Waals surface area contributed by atoms with Crippen molar-refractivity contribution in [2.24, 2.45) is 0 Å². The first-order chi connectivity index (χ1) is 10.3. The number of benzene rings is 1. The van der Waals surface area contributed by atoms with Gasteiger partial charge in [-0.05, 0) is 43.0 Å². The summed E-state index contributed by atoms with van der Waals surface area (Å²) in [7, 11) is 0. The van der Waals surface area contributed by atoms with Gasteiger partial charge in [-0.2, -0.15) is 0 Å². The first-order valence-electron chi connectivity index (χ1n) is 7.81. The highest BCUT2D eigenvalue weighted by Gasteiger charge is 2.31. The van der Waals surface area contributed by atoms with Gasteiger partial charge in [-0.1, -0.05) is 31.2 Å². The van der Waals surface area contributed by atoms with Crippen molar-refractivity contribution < 1.29 is 0 Å².